The second kappa shape index (κ2) is 12.9. The maximum absolute atomic E-state index is 12.0. The normalized spacial score (nSPS) is 10.2. The summed E-state index contributed by atoms with van der Waals surface area (Å²) in [6.07, 6.45) is 0.291. The number of anilines is 1. The zero-order valence-electron chi connectivity index (χ0n) is 18.4. The van der Waals surface area contributed by atoms with Gasteiger partial charge in [-0.2, -0.15) is 0 Å². The fraction of sp³-hybridized carbons (Fsp3) is 0.333. The van der Waals surface area contributed by atoms with Crippen molar-refractivity contribution in [2.24, 2.45) is 0 Å². The summed E-state index contributed by atoms with van der Waals surface area (Å²) < 4.78 is 5.10. The van der Waals surface area contributed by atoms with Gasteiger partial charge in [0, 0.05) is 31.4 Å². The molecule has 3 N–H and O–H groups in total. The van der Waals surface area contributed by atoms with Gasteiger partial charge in [-0.3, -0.25) is 30.0 Å². The smallest absolute Gasteiger partial charge is 0.306 e. The van der Waals surface area contributed by atoms with Gasteiger partial charge in [0.15, 0.2) is 0 Å². The summed E-state index contributed by atoms with van der Waals surface area (Å²) >= 11 is 0. The molecule has 0 bridgehead atoms. The SMILES string of the molecule is Cc1ccc(C)c(NC(=O)CCC(=O)NNC(=O)CCC(=O)OCCc2ccccc2)c1. The van der Waals surface area contributed by atoms with Crippen molar-refractivity contribution in [2.75, 3.05) is 11.9 Å². The highest BCUT2D eigenvalue weighted by Gasteiger charge is 2.11. The van der Waals surface area contributed by atoms with Gasteiger partial charge in [0.05, 0.1) is 13.0 Å². The number of amides is 3. The molecule has 8 heteroatoms. The molecule has 170 valence electrons. The predicted molar refractivity (Wildman–Crippen MR) is 120 cm³/mol. The first-order valence-electron chi connectivity index (χ1n) is 10.5. The van der Waals surface area contributed by atoms with Gasteiger partial charge in [-0.15, -0.1) is 0 Å². The lowest BCUT2D eigenvalue weighted by molar-refractivity contribution is -0.145. The van der Waals surface area contributed by atoms with Crippen molar-refractivity contribution in [3.63, 3.8) is 0 Å². The topological polar surface area (TPSA) is 114 Å². The third kappa shape index (κ3) is 9.42. The Kier molecular flexibility index (Phi) is 9.90. The third-order valence-corrected chi connectivity index (χ3v) is 4.64. The van der Waals surface area contributed by atoms with Gasteiger partial charge in [-0.1, -0.05) is 42.5 Å². The van der Waals surface area contributed by atoms with E-state index in [1.54, 1.807) is 0 Å². The van der Waals surface area contributed by atoms with Crippen LogP contribution in [0.15, 0.2) is 48.5 Å². The minimum Gasteiger partial charge on any atom is -0.465 e. The maximum Gasteiger partial charge on any atom is 0.306 e. The number of hydrazine groups is 1. The Morgan fingerprint density at radius 1 is 0.781 bits per heavy atom. The van der Waals surface area contributed by atoms with E-state index < -0.39 is 17.8 Å². The lowest BCUT2D eigenvalue weighted by Gasteiger charge is -2.10. The molecule has 0 saturated heterocycles. The zero-order valence-corrected chi connectivity index (χ0v) is 18.4. The first-order chi connectivity index (χ1) is 15.3. The monoisotopic (exact) mass is 439 g/mol. The Balaban J connectivity index is 1.57. The average molecular weight is 440 g/mol. The summed E-state index contributed by atoms with van der Waals surface area (Å²) in [5, 5.41) is 2.77. The molecule has 2 rings (SSSR count). The minimum atomic E-state index is -0.516. The molecular weight excluding hydrogens is 410 g/mol. The fourth-order valence-electron chi connectivity index (χ4n) is 2.79. The Morgan fingerprint density at radius 2 is 1.41 bits per heavy atom. The molecule has 0 aliphatic rings. The number of nitrogens with one attached hydrogen (secondary N) is 3. The molecule has 0 aliphatic heterocycles. The Morgan fingerprint density at radius 3 is 2.09 bits per heavy atom. The summed E-state index contributed by atoms with van der Waals surface area (Å²) in [6.45, 7) is 4.05. The third-order valence-electron chi connectivity index (χ3n) is 4.64. The van der Waals surface area contributed by atoms with Crippen LogP contribution in [0.5, 0.6) is 0 Å². The van der Waals surface area contributed by atoms with E-state index in [1.165, 1.54) is 0 Å². The Hall–Kier alpha value is -3.68. The van der Waals surface area contributed by atoms with Crippen LogP contribution in [0.3, 0.4) is 0 Å². The number of ether oxygens (including phenoxy) is 1. The molecule has 32 heavy (non-hydrogen) atoms. The summed E-state index contributed by atoms with van der Waals surface area (Å²) in [5.41, 5.74) is 8.19. The molecule has 8 nitrogen and oxygen atoms in total. The van der Waals surface area contributed by atoms with Crippen molar-refractivity contribution in [2.45, 2.75) is 46.0 Å². The fourth-order valence-corrected chi connectivity index (χ4v) is 2.79. The minimum absolute atomic E-state index is 0.0250. The molecule has 0 saturated carbocycles. The molecule has 0 heterocycles. The number of hydrogen-bond donors (Lipinski definition) is 3. The van der Waals surface area contributed by atoms with E-state index in [2.05, 4.69) is 16.2 Å². The van der Waals surface area contributed by atoms with E-state index in [9.17, 15) is 19.2 Å². The number of esters is 1. The van der Waals surface area contributed by atoms with Crippen LogP contribution in [0.1, 0.15) is 42.4 Å². The van der Waals surface area contributed by atoms with Crippen molar-refractivity contribution in [3.8, 4) is 0 Å². The van der Waals surface area contributed by atoms with Gasteiger partial charge in [0.2, 0.25) is 17.7 Å². The van der Waals surface area contributed by atoms with Gasteiger partial charge in [0.1, 0.15) is 0 Å². The van der Waals surface area contributed by atoms with Crippen molar-refractivity contribution in [1.29, 1.82) is 0 Å². The second-order valence-electron chi connectivity index (χ2n) is 7.42. The van der Waals surface area contributed by atoms with Gasteiger partial charge in [-0.05, 0) is 36.6 Å². The van der Waals surface area contributed by atoms with Crippen LogP contribution in [0, 0.1) is 13.8 Å². The van der Waals surface area contributed by atoms with Crippen molar-refractivity contribution in [1.82, 2.24) is 10.9 Å². The van der Waals surface area contributed by atoms with Crippen LogP contribution < -0.4 is 16.2 Å². The summed E-state index contributed by atoms with van der Waals surface area (Å²) in [6, 6.07) is 15.3. The van der Waals surface area contributed by atoms with Gasteiger partial charge < -0.3 is 10.1 Å². The molecule has 2 aromatic carbocycles. The number of rotatable bonds is 10. The predicted octanol–water partition coefficient (Wildman–Crippen LogP) is 2.74. The quantitative estimate of drug-likeness (QED) is 0.389. The summed E-state index contributed by atoms with van der Waals surface area (Å²) in [4.78, 5) is 47.4. The standard InChI is InChI=1S/C24H29N3O5/c1-17-8-9-18(2)20(16-17)25-21(28)10-11-22(29)26-27-23(30)12-13-24(31)32-15-14-19-6-4-3-5-7-19/h3-9,16H,10-15H2,1-2H3,(H,25,28)(H,26,29)(H,27,30). The first kappa shape index (κ1) is 24.6. The van der Waals surface area contributed by atoms with Gasteiger partial charge in [0.25, 0.3) is 0 Å². The Bertz CT molecular complexity index is 944. The number of carbonyl (C=O) groups excluding carboxylic acids is 4. The van der Waals surface area contributed by atoms with Crippen molar-refractivity contribution in [3.05, 3.63) is 65.2 Å². The van der Waals surface area contributed by atoms with Gasteiger partial charge in [-0.25, -0.2) is 0 Å². The van der Waals surface area contributed by atoms with Crippen LogP contribution in [-0.2, 0) is 30.3 Å². The average Bonchev–Trinajstić information content (AvgIpc) is 2.78. The molecule has 0 fully saturated rings. The molecule has 2 aromatic rings. The van der Waals surface area contributed by atoms with E-state index in [1.807, 2.05) is 62.4 Å². The molecule has 0 aliphatic carbocycles. The number of carbonyl (C=O) groups is 4. The Labute approximate surface area is 187 Å². The molecule has 0 unspecified atom stereocenters. The lowest BCUT2D eigenvalue weighted by Crippen LogP contribution is -2.41. The van der Waals surface area contributed by atoms with Crippen LogP contribution in [-0.4, -0.2) is 30.3 Å². The molecule has 0 aromatic heterocycles. The maximum atomic E-state index is 12.0. The molecule has 0 atom stereocenters. The highest BCUT2D eigenvalue weighted by molar-refractivity contribution is 5.94. The molecule has 0 spiro atoms. The van der Waals surface area contributed by atoms with E-state index in [4.69, 9.17) is 4.74 Å². The summed E-state index contributed by atoms with van der Waals surface area (Å²) in [7, 11) is 0. The highest BCUT2D eigenvalue weighted by atomic mass is 16.5. The highest BCUT2D eigenvalue weighted by Crippen LogP contribution is 2.16. The number of benzene rings is 2. The van der Waals surface area contributed by atoms with Gasteiger partial charge >= 0.3 is 5.97 Å². The largest absolute Gasteiger partial charge is 0.465 e. The summed E-state index contributed by atoms with van der Waals surface area (Å²) in [5.74, 6) is -1.79. The number of aryl methyl sites for hydroxylation is 2. The van der Waals surface area contributed by atoms with Crippen molar-refractivity contribution >= 4 is 29.4 Å². The first-order valence-corrected chi connectivity index (χ1v) is 10.5. The molecule has 0 radical (unpaired) electrons. The van der Waals surface area contributed by atoms with Crippen LogP contribution in [0.4, 0.5) is 5.69 Å². The van der Waals surface area contributed by atoms with E-state index in [-0.39, 0.29) is 38.2 Å². The zero-order chi connectivity index (χ0) is 23.3. The number of hydrogen-bond acceptors (Lipinski definition) is 5. The lowest BCUT2D eigenvalue weighted by atomic mass is 10.1. The van der Waals surface area contributed by atoms with Crippen LogP contribution >= 0.6 is 0 Å². The van der Waals surface area contributed by atoms with Crippen LogP contribution in [0.2, 0.25) is 0 Å². The van der Waals surface area contributed by atoms with E-state index in [0.717, 1.165) is 16.7 Å². The second-order valence-corrected chi connectivity index (χ2v) is 7.42. The van der Waals surface area contributed by atoms with Crippen LogP contribution in [0.25, 0.3) is 0 Å². The molecule has 3 amide bonds. The van der Waals surface area contributed by atoms with E-state index in [0.29, 0.717) is 12.1 Å². The molecular formula is C24H29N3O5. The van der Waals surface area contributed by atoms with Crippen molar-refractivity contribution < 1.29 is 23.9 Å². The van der Waals surface area contributed by atoms with E-state index >= 15 is 0 Å².